The van der Waals surface area contributed by atoms with Crippen LogP contribution in [0.1, 0.15) is 0 Å². The molecule has 4 heterocycles. The molecule has 154 valence electrons. The van der Waals surface area contributed by atoms with Gasteiger partial charge in [-0.25, -0.2) is 15.0 Å². The first-order valence-electron chi connectivity index (χ1n) is 10.8. The first kappa shape index (κ1) is 18.0. The molecule has 4 aromatic heterocycles. The van der Waals surface area contributed by atoms with E-state index in [0.29, 0.717) is 5.65 Å². The maximum absolute atomic E-state index is 5.04. The van der Waals surface area contributed by atoms with E-state index in [0.717, 1.165) is 33.6 Å². The van der Waals surface area contributed by atoms with E-state index in [1.165, 1.54) is 21.5 Å². The van der Waals surface area contributed by atoms with Crippen LogP contribution in [0, 0.1) is 0 Å². The Balaban J connectivity index is 1.68. The third-order valence-electron chi connectivity index (χ3n) is 6.11. The van der Waals surface area contributed by atoms with E-state index in [2.05, 4.69) is 75.2 Å². The Labute approximate surface area is 189 Å². The van der Waals surface area contributed by atoms with Crippen LogP contribution in [0.2, 0.25) is 0 Å². The summed E-state index contributed by atoms with van der Waals surface area (Å²) in [5.74, 6) is 0.746. The first-order valence-corrected chi connectivity index (χ1v) is 10.8. The van der Waals surface area contributed by atoms with Gasteiger partial charge in [-0.05, 0) is 53.2 Å². The summed E-state index contributed by atoms with van der Waals surface area (Å²) >= 11 is 0. The molecule has 5 heteroatoms. The number of rotatable bonds is 2. The highest BCUT2D eigenvalue weighted by atomic mass is 15.1. The maximum atomic E-state index is 5.04. The van der Waals surface area contributed by atoms with Crippen molar-refractivity contribution in [2.75, 3.05) is 0 Å². The molecule has 0 spiro atoms. The van der Waals surface area contributed by atoms with Crippen molar-refractivity contribution in [3.63, 3.8) is 0 Å². The normalized spacial score (nSPS) is 11.6. The number of nitrogens with zero attached hydrogens (tertiary/aromatic N) is 5. The van der Waals surface area contributed by atoms with Gasteiger partial charge in [0.2, 0.25) is 0 Å². The fourth-order valence-corrected chi connectivity index (χ4v) is 4.62. The van der Waals surface area contributed by atoms with Crippen LogP contribution >= 0.6 is 0 Å². The van der Waals surface area contributed by atoms with Crippen molar-refractivity contribution in [3.8, 4) is 17.1 Å². The van der Waals surface area contributed by atoms with Gasteiger partial charge in [-0.3, -0.25) is 9.55 Å². The summed E-state index contributed by atoms with van der Waals surface area (Å²) in [5, 5.41) is 4.76. The first-order chi connectivity index (χ1) is 16.4. The quantitative estimate of drug-likeness (QED) is 0.326. The van der Waals surface area contributed by atoms with Crippen LogP contribution in [0.4, 0.5) is 0 Å². The standard InChI is InChI=1S/C28H17N5/c1-2-8-19-16-25-22(15-18(19)7-1)21-10-3-4-12-24(21)33(25)28-26(20-9-5-13-29-17-20)31-23-11-6-14-30-27(23)32-28/h1-17H. The summed E-state index contributed by atoms with van der Waals surface area (Å²) in [7, 11) is 0. The largest absolute Gasteiger partial charge is 0.292 e. The molecule has 0 saturated carbocycles. The summed E-state index contributed by atoms with van der Waals surface area (Å²) in [4.78, 5) is 18.9. The van der Waals surface area contributed by atoms with E-state index in [4.69, 9.17) is 9.97 Å². The van der Waals surface area contributed by atoms with Gasteiger partial charge in [0, 0.05) is 34.9 Å². The molecule has 3 aromatic carbocycles. The monoisotopic (exact) mass is 423 g/mol. The fraction of sp³-hybridized carbons (Fsp3) is 0. The summed E-state index contributed by atoms with van der Waals surface area (Å²) in [6.45, 7) is 0. The van der Waals surface area contributed by atoms with Gasteiger partial charge < -0.3 is 0 Å². The highest BCUT2D eigenvalue weighted by molar-refractivity contribution is 6.13. The molecule has 5 nitrogen and oxygen atoms in total. The Morgan fingerprint density at radius 3 is 2.33 bits per heavy atom. The molecule has 0 bridgehead atoms. The second kappa shape index (κ2) is 6.93. The average Bonchev–Trinajstić information content (AvgIpc) is 3.20. The Morgan fingerprint density at radius 1 is 0.636 bits per heavy atom. The van der Waals surface area contributed by atoms with Crippen LogP contribution in [-0.4, -0.2) is 24.5 Å². The molecule has 7 aromatic rings. The lowest BCUT2D eigenvalue weighted by atomic mass is 10.1. The van der Waals surface area contributed by atoms with Gasteiger partial charge in [-0.1, -0.05) is 42.5 Å². The Morgan fingerprint density at radius 2 is 1.45 bits per heavy atom. The van der Waals surface area contributed by atoms with Gasteiger partial charge in [-0.2, -0.15) is 0 Å². The molecule has 0 N–H and O–H groups in total. The summed E-state index contributed by atoms with van der Waals surface area (Å²) in [6, 6.07) is 29.2. The lowest BCUT2D eigenvalue weighted by Crippen LogP contribution is -2.04. The lowest BCUT2D eigenvalue weighted by Gasteiger charge is -2.13. The topological polar surface area (TPSA) is 56.5 Å². The predicted octanol–water partition coefficient (Wildman–Crippen LogP) is 6.34. The highest BCUT2D eigenvalue weighted by Gasteiger charge is 2.19. The second-order valence-electron chi connectivity index (χ2n) is 8.05. The third-order valence-corrected chi connectivity index (χ3v) is 6.11. The van der Waals surface area contributed by atoms with Crippen molar-refractivity contribution in [2.45, 2.75) is 0 Å². The van der Waals surface area contributed by atoms with Crippen molar-refractivity contribution in [3.05, 3.63) is 104 Å². The second-order valence-corrected chi connectivity index (χ2v) is 8.05. The van der Waals surface area contributed by atoms with Crippen molar-refractivity contribution in [1.82, 2.24) is 24.5 Å². The average molecular weight is 423 g/mol. The molecule has 0 aliphatic heterocycles. The summed E-state index contributed by atoms with van der Waals surface area (Å²) in [5.41, 5.74) is 5.23. The molecular weight excluding hydrogens is 406 g/mol. The van der Waals surface area contributed by atoms with Crippen molar-refractivity contribution < 1.29 is 0 Å². The minimum absolute atomic E-state index is 0.617. The van der Waals surface area contributed by atoms with Crippen molar-refractivity contribution in [2.24, 2.45) is 0 Å². The molecule has 0 atom stereocenters. The zero-order chi connectivity index (χ0) is 21.8. The number of hydrogen-bond acceptors (Lipinski definition) is 4. The van der Waals surface area contributed by atoms with Gasteiger partial charge in [0.15, 0.2) is 11.5 Å². The van der Waals surface area contributed by atoms with Crippen LogP contribution in [0.3, 0.4) is 0 Å². The Bertz CT molecular complexity index is 1820. The molecule has 0 aliphatic carbocycles. The summed E-state index contributed by atoms with van der Waals surface area (Å²) < 4.78 is 2.21. The zero-order valence-corrected chi connectivity index (χ0v) is 17.6. The fourth-order valence-electron chi connectivity index (χ4n) is 4.62. The molecule has 0 saturated heterocycles. The predicted molar refractivity (Wildman–Crippen MR) is 132 cm³/mol. The number of pyridine rings is 2. The number of aromatic nitrogens is 5. The Hall–Kier alpha value is -4.64. The molecule has 0 fully saturated rings. The van der Waals surface area contributed by atoms with Crippen molar-refractivity contribution in [1.29, 1.82) is 0 Å². The molecular formula is C28H17N5. The van der Waals surface area contributed by atoms with E-state index < -0.39 is 0 Å². The number of para-hydroxylation sites is 1. The third kappa shape index (κ3) is 2.72. The van der Waals surface area contributed by atoms with E-state index in [9.17, 15) is 0 Å². The van der Waals surface area contributed by atoms with Gasteiger partial charge in [0.05, 0.1) is 11.0 Å². The molecule has 0 amide bonds. The van der Waals surface area contributed by atoms with Gasteiger partial charge >= 0.3 is 0 Å². The van der Waals surface area contributed by atoms with Crippen LogP contribution < -0.4 is 0 Å². The van der Waals surface area contributed by atoms with Crippen LogP contribution in [0.15, 0.2) is 104 Å². The number of hydrogen-bond donors (Lipinski definition) is 0. The summed E-state index contributed by atoms with van der Waals surface area (Å²) in [6.07, 6.45) is 5.36. The lowest BCUT2D eigenvalue weighted by molar-refractivity contribution is 1.06. The maximum Gasteiger partial charge on any atom is 0.180 e. The number of benzene rings is 3. The minimum atomic E-state index is 0.617. The van der Waals surface area contributed by atoms with E-state index >= 15 is 0 Å². The van der Waals surface area contributed by atoms with Gasteiger partial charge in [0.1, 0.15) is 11.2 Å². The SMILES string of the molecule is c1cncc(-c2nc3cccnc3nc2-n2c3ccccc3c3cc4ccccc4cc32)c1. The van der Waals surface area contributed by atoms with Crippen LogP contribution in [0.25, 0.3) is 60.8 Å². The van der Waals surface area contributed by atoms with E-state index in [1.807, 2.05) is 30.5 Å². The molecule has 7 rings (SSSR count). The Kier molecular flexibility index (Phi) is 3.78. The van der Waals surface area contributed by atoms with Gasteiger partial charge in [-0.15, -0.1) is 0 Å². The molecule has 33 heavy (non-hydrogen) atoms. The van der Waals surface area contributed by atoms with Crippen LogP contribution in [-0.2, 0) is 0 Å². The van der Waals surface area contributed by atoms with Crippen molar-refractivity contribution >= 4 is 43.7 Å². The molecule has 0 radical (unpaired) electrons. The minimum Gasteiger partial charge on any atom is -0.292 e. The highest BCUT2D eigenvalue weighted by Crippen LogP contribution is 2.36. The van der Waals surface area contributed by atoms with E-state index in [-0.39, 0.29) is 0 Å². The van der Waals surface area contributed by atoms with Crippen LogP contribution in [0.5, 0.6) is 0 Å². The zero-order valence-electron chi connectivity index (χ0n) is 17.6. The van der Waals surface area contributed by atoms with Gasteiger partial charge in [0.25, 0.3) is 0 Å². The molecule has 0 aliphatic rings. The molecule has 0 unspecified atom stereocenters. The smallest absolute Gasteiger partial charge is 0.180 e. The van der Waals surface area contributed by atoms with E-state index in [1.54, 1.807) is 12.4 Å². The number of fused-ring (bicyclic) bond motifs is 5.